The minimum Gasteiger partial charge on any atom is -0.340 e. The lowest BCUT2D eigenvalue weighted by Gasteiger charge is -2.39. The van der Waals surface area contributed by atoms with Gasteiger partial charge in [0.15, 0.2) is 0 Å². The standard InChI is InChI=1S/C27H36FN3/c1-19(2)31-23(16-28)11-13-26-25(12-8-20-6-4-3-5-7-20)24(14-15-27(26)31)21-17-29-30(18-21)22-9-10-22/h14-15,17-18,20,22-23H,1,3-13,16H2,2H3/t23-/m1/s1. The predicted octanol–water partition coefficient (Wildman–Crippen LogP) is 7.02. The number of benzene rings is 1. The molecule has 1 atom stereocenters. The third-order valence-corrected chi connectivity index (χ3v) is 7.71. The molecule has 0 bridgehead atoms. The van der Waals surface area contributed by atoms with Crippen LogP contribution < -0.4 is 4.90 Å². The fourth-order valence-corrected chi connectivity index (χ4v) is 5.88. The van der Waals surface area contributed by atoms with E-state index in [4.69, 9.17) is 0 Å². The van der Waals surface area contributed by atoms with Crippen molar-refractivity contribution in [3.63, 3.8) is 0 Å². The molecule has 0 amide bonds. The molecule has 4 heteroatoms. The largest absolute Gasteiger partial charge is 0.340 e. The minimum atomic E-state index is -0.320. The van der Waals surface area contributed by atoms with Gasteiger partial charge in [-0.25, -0.2) is 4.39 Å². The van der Waals surface area contributed by atoms with Gasteiger partial charge < -0.3 is 4.90 Å². The zero-order valence-corrected chi connectivity index (χ0v) is 19.0. The van der Waals surface area contributed by atoms with E-state index >= 15 is 0 Å². The molecule has 2 heterocycles. The summed E-state index contributed by atoms with van der Waals surface area (Å²) in [7, 11) is 0. The van der Waals surface area contributed by atoms with E-state index in [1.807, 2.05) is 13.1 Å². The van der Waals surface area contributed by atoms with Crippen molar-refractivity contribution in [2.24, 2.45) is 5.92 Å². The number of nitrogens with zero attached hydrogens (tertiary/aromatic N) is 3. The predicted molar refractivity (Wildman–Crippen MR) is 126 cm³/mol. The van der Waals surface area contributed by atoms with Crippen LogP contribution in [-0.4, -0.2) is 22.5 Å². The van der Waals surface area contributed by atoms with Gasteiger partial charge in [-0.2, -0.15) is 5.10 Å². The third-order valence-electron chi connectivity index (χ3n) is 7.71. The summed E-state index contributed by atoms with van der Waals surface area (Å²) in [6.07, 6.45) is 17.9. The van der Waals surface area contributed by atoms with Crippen molar-refractivity contribution in [2.45, 2.75) is 89.6 Å². The maximum Gasteiger partial charge on any atom is 0.110 e. The Kier molecular flexibility index (Phi) is 5.90. The van der Waals surface area contributed by atoms with Crippen LogP contribution in [0.5, 0.6) is 0 Å². The molecule has 1 aliphatic heterocycles. The summed E-state index contributed by atoms with van der Waals surface area (Å²) in [6, 6.07) is 4.99. The molecule has 166 valence electrons. The Hall–Kier alpha value is -2.10. The summed E-state index contributed by atoms with van der Waals surface area (Å²) in [5.41, 5.74) is 7.58. The highest BCUT2D eigenvalue weighted by atomic mass is 19.1. The van der Waals surface area contributed by atoms with Crippen molar-refractivity contribution in [3.05, 3.63) is 47.9 Å². The maximum atomic E-state index is 13.8. The van der Waals surface area contributed by atoms with Gasteiger partial charge in [-0.3, -0.25) is 4.68 Å². The fraction of sp³-hybridized carbons (Fsp3) is 0.593. The lowest BCUT2D eigenvalue weighted by atomic mass is 9.81. The van der Waals surface area contributed by atoms with Crippen LogP contribution >= 0.6 is 0 Å². The zero-order valence-electron chi connectivity index (χ0n) is 19.0. The molecule has 2 aliphatic carbocycles. The van der Waals surface area contributed by atoms with E-state index in [9.17, 15) is 4.39 Å². The first-order valence-corrected chi connectivity index (χ1v) is 12.4. The molecule has 3 aliphatic rings. The zero-order chi connectivity index (χ0) is 21.4. The molecular weight excluding hydrogens is 385 g/mol. The number of alkyl halides is 1. The fourth-order valence-electron chi connectivity index (χ4n) is 5.88. The molecule has 3 nitrogen and oxygen atoms in total. The van der Waals surface area contributed by atoms with Gasteiger partial charge in [-0.05, 0) is 74.1 Å². The number of allylic oxidation sites excluding steroid dienone is 1. The lowest BCUT2D eigenvalue weighted by molar-refractivity contribution is 0.339. The molecule has 2 saturated carbocycles. The van der Waals surface area contributed by atoms with Gasteiger partial charge in [0.05, 0.1) is 18.3 Å². The van der Waals surface area contributed by atoms with Crippen molar-refractivity contribution in [1.82, 2.24) is 9.78 Å². The number of hydrogen-bond donors (Lipinski definition) is 0. The Morgan fingerprint density at radius 1 is 1.13 bits per heavy atom. The second-order valence-electron chi connectivity index (χ2n) is 10.0. The number of fused-ring (bicyclic) bond motifs is 1. The quantitative estimate of drug-likeness (QED) is 0.479. The number of hydrogen-bond acceptors (Lipinski definition) is 2. The Morgan fingerprint density at radius 3 is 2.65 bits per heavy atom. The maximum absolute atomic E-state index is 13.8. The van der Waals surface area contributed by atoms with Crippen molar-refractivity contribution >= 4 is 5.69 Å². The summed E-state index contributed by atoms with van der Waals surface area (Å²) in [6.45, 7) is 5.87. The molecule has 0 N–H and O–H groups in total. The molecule has 0 radical (unpaired) electrons. The van der Waals surface area contributed by atoms with Crippen molar-refractivity contribution < 1.29 is 4.39 Å². The third kappa shape index (κ3) is 4.18. The molecule has 0 saturated heterocycles. The number of aromatic nitrogens is 2. The van der Waals surface area contributed by atoms with Crippen LogP contribution in [0.3, 0.4) is 0 Å². The molecule has 0 spiro atoms. The first-order chi connectivity index (χ1) is 15.2. The van der Waals surface area contributed by atoms with Crippen LogP contribution in [0.25, 0.3) is 11.1 Å². The highest BCUT2D eigenvalue weighted by Crippen LogP contribution is 2.42. The molecule has 2 fully saturated rings. The van der Waals surface area contributed by atoms with Crippen LogP contribution in [0.15, 0.2) is 36.8 Å². The number of rotatable bonds is 7. The van der Waals surface area contributed by atoms with Crippen molar-refractivity contribution in [3.8, 4) is 11.1 Å². The smallest absolute Gasteiger partial charge is 0.110 e. The summed E-state index contributed by atoms with van der Waals surface area (Å²) >= 11 is 0. The summed E-state index contributed by atoms with van der Waals surface area (Å²) in [5.74, 6) is 0.853. The van der Waals surface area contributed by atoms with Crippen LogP contribution in [0.2, 0.25) is 0 Å². The normalized spacial score (nSPS) is 21.9. The molecular formula is C27H36FN3. The molecule has 1 aromatic carbocycles. The SMILES string of the molecule is C=C(C)N1c2ccc(-c3cnn(C4CC4)c3)c(CCC3CCCCC3)c2CC[C@@H]1CF. The van der Waals surface area contributed by atoms with E-state index in [0.29, 0.717) is 6.04 Å². The van der Waals surface area contributed by atoms with E-state index in [0.717, 1.165) is 30.9 Å². The number of anilines is 1. The second kappa shape index (κ2) is 8.80. The highest BCUT2D eigenvalue weighted by molar-refractivity contribution is 5.75. The van der Waals surface area contributed by atoms with E-state index in [1.54, 1.807) is 0 Å². The Morgan fingerprint density at radius 2 is 1.94 bits per heavy atom. The van der Waals surface area contributed by atoms with Crippen LogP contribution in [0, 0.1) is 5.92 Å². The molecule has 2 aromatic rings. The Labute approximate surface area is 186 Å². The van der Waals surface area contributed by atoms with E-state index < -0.39 is 0 Å². The van der Waals surface area contributed by atoms with E-state index in [-0.39, 0.29) is 12.7 Å². The van der Waals surface area contributed by atoms with Gasteiger partial charge in [0.2, 0.25) is 0 Å². The molecule has 31 heavy (non-hydrogen) atoms. The van der Waals surface area contributed by atoms with Gasteiger partial charge in [0.25, 0.3) is 0 Å². The average Bonchev–Trinajstić information content (AvgIpc) is 3.53. The second-order valence-corrected chi connectivity index (χ2v) is 10.0. The monoisotopic (exact) mass is 421 g/mol. The first-order valence-electron chi connectivity index (χ1n) is 12.4. The highest BCUT2D eigenvalue weighted by Gasteiger charge is 2.30. The first kappa shape index (κ1) is 20.8. The van der Waals surface area contributed by atoms with Crippen molar-refractivity contribution in [1.29, 1.82) is 0 Å². The van der Waals surface area contributed by atoms with Gasteiger partial charge in [-0.1, -0.05) is 44.7 Å². The topological polar surface area (TPSA) is 21.1 Å². The van der Waals surface area contributed by atoms with Crippen LogP contribution in [0.4, 0.5) is 10.1 Å². The summed E-state index contributed by atoms with van der Waals surface area (Å²) < 4.78 is 16.0. The van der Waals surface area contributed by atoms with Gasteiger partial charge in [0, 0.05) is 23.1 Å². The molecule has 1 aromatic heterocycles. The van der Waals surface area contributed by atoms with Crippen LogP contribution in [-0.2, 0) is 12.8 Å². The van der Waals surface area contributed by atoms with Crippen LogP contribution in [0.1, 0.15) is 81.9 Å². The van der Waals surface area contributed by atoms with E-state index in [2.05, 4.69) is 39.6 Å². The summed E-state index contributed by atoms with van der Waals surface area (Å²) in [5, 5.41) is 4.67. The van der Waals surface area contributed by atoms with Gasteiger partial charge in [0.1, 0.15) is 6.67 Å². The Bertz CT molecular complexity index is 936. The van der Waals surface area contributed by atoms with Gasteiger partial charge in [-0.15, -0.1) is 0 Å². The van der Waals surface area contributed by atoms with Gasteiger partial charge >= 0.3 is 0 Å². The van der Waals surface area contributed by atoms with E-state index in [1.165, 1.54) is 79.3 Å². The molecule has 0 unspecified atom stereocenters. The lowest BCUT2D eigenvalue weighted by Crippen LogP contribution is -2.39. The summed E-state index contributed by atoms with van der Waals surface area (Å²) in [4.78, 5) is 2.15. The Balaban J connectivity index is 1.53. The minimum absolute atomic E-state index is 0.0836. The molecule has 5 rings (SSSR count). The van der Waals surface area contributed by atoms with Crippen molar-refractivity contribution in [2.75, 3.05) is 11.6 Å². The number of halogens is 1. The average molecular weight is 422 g/mol.